The lowest BCUT2D eigenvalue weighted by molar-refractivity contribution is -0.160. The van der Waals surface area contributed by atoms with Crippen molar-refractivity contribution in [3.63, 3.8) is 0 Å². The molecule has 1 N–H and O–H groups in total. The van der Waals surface area contributed by atoms with Crippen LogP contribution in [0.2, 0.25) is 0 Å². The van der Waals surface area contributed by atoms with Gasteiger partial charge >= 0.3 is 0 Å². The number of hydrogen-bond acceptors (Lipinski definition) is 4. The van der Waals surface area contributed by atoms with Gasteiger partial charge in [0.2, 0.25) is 11.8 Å². The maximum atomic E-state index is 13.1. The molecule has 1 atom stereocenters. The average molecular weight is 371 g/mol. The van der Waals surface area contributed by atoms with Gasteiger partial charge in [0.25, 0.3) is 0 Å². The van der Waals surface area contributed by atoms with E-state index in [0.717, 1.165) is 44.0 Å². The number of nitrogens with zero attached hydrogens (tertiary/aromatic N) is 2. The van der Waals surface area contributed by atoms with E-state index in [1.165, 1.54) is 12.8 Å². The number of piperidine rings is 1. The van der Waals surface area contributed by atoms with Gasteiger partial charge in [-0.2, -0.15) is 0 Å². The van der Waals surface area contributed by atoms with Crippen LogP contribution < -0.4 is 5.32 Å². The number of benzene rings is 1. The third-order valence-corrected chi connectivity index (χ3v) is 5.88. The molecule has 6 heteroatoms. The van der Waals surface area contributed by atoms with Gasteiger partial charge in [0.1, 0.15) is 12.6 Å². The summed E-state index contributed by atoms with van der Waals surface area (Å²) in [6, 6.07) is 9.84. The predicted octanol–water partition coefficient (Wildman–Crippen LogP) is 1.40. The number of rotatable bonds is 6. The number of hydrogen-bond donors (Lipinski definition) is 1. The van der Waals surface area contributed by atoms with Crippen molar-refractivity contribution in [2.45, 2.75) is 44.3 Å². The largest absolute Gasteiger partial charge is 0.369 e. The van der Waals surface area contributed by atoms with Crippen LogP contribution in [-0.4, -0.2) is 66.5 Å². The van der Waals surface area contributed by atoms with Crippen molar-refractivity contribution in [3.8, 4) is 0 Å². The second kappa shape index (κ2) is 8.40. The lowest BCUT2D eigenvalue weighted by atomic mass is 10.0. The SMILES string of the molecule is O=C([C@H]1COCC(=O)N1Cc1ccccc1)N1CCC(NCC2CC2)CC1. The third-order valence-electron chi connectivity index (χ3n) is 5.88. The molecule has 1 aromatic carbocycles. The first-order valence-corrected chi connectivity index (χ1v) is 10.1. The van der Waals surface area contributed by atoms with E-state index in [1.807, 2.05) is 35.2 Å². The van der Waals surface area contributed by atoms with Crippen LogP contribution in [0.25, 0.3) is 0 Å². The molecule has 2 amide bonds. The van der Waals surface area contributed by atoms with E-state index in [-0.39, 0.29) is 25.0 Å². The summed E-state index contributed by atoms with van der Waals surface area (Å²) in [7, 11) is 0. The molecular weight excluding hydrogens is 342 g/mol. The van der Waals surface area contributed by atoms with Crippen molar-refractivity contribution >= 4 is 11.8 Å². The molecule has 2 heterocycles. The average Bonchev–Trinajstić information content (AvgIpc) is 3.53. The van der Waals surface area contributed by atoms with Gasteiger partial charge in [0, 0.05) is 25.7 Å². The van der Waals surface area contributed by atoms with E-state index in [9.17, 15) is 9.59 Å². The van der Waals surface area contributed by atoms with Crippen molar-refractivity contribution in [3.05, 3.63) is 35.9 Å². The molecule has 146 valence electrons. The predicted molar refractivity (Wildman–Crippen MR) is 102 cm³/mol. The number of ether oxygens (including phenoxy) is 1. The fourth-order valence-electron chi connectivity index (χ4n) is 3.96. The van der Waals surface area contributed by atoms with Crippen molar-refractivity contribution in [2.24, 2.45) is 5.92 Å². The first-order chi connectivity index (χ1) is 13.2. The molecule has 3 fully saturated rings. The highest BCUT2D eigenvalue weighted by Gasteiger charge is 2.37. The molecular formula is C21H29N3O3. The lowest BCUT2D eigenvalue weighted by Gasteiger charge is -2.40. The number of carbonyl (C=O) groups is 2. The van der Waals surface area contributed by atoms with Crippen LogP contribution in [0.1, 0.15) is 31.2 Å². The minimum Gasteiger partial charge on any atom is -0.369 e. The Balaban J connectivity index is 1.35. The number of amides is 2. The Morgan fingerprint density at radius 3 is 2.56 bits per heavy atom. The standard InChI is InChI=1S/C21H29N3O3/c25-20-15-27-14-19(24(20)13-17-4-2-1-3-5-17)21(26)23-10-8-18(9-11-23)22-12-16-6-7-16/h1-5,16,18-19,22H,6-15H2/t19-/m1/s1. The maximum Gasteiger partial charge on any atom is 0.249 e. The zero-order valence-electron chi connectivity index (χ0n) is 15.8. The molecule has 3 aliphatic rings. The number of carbonyl (C=O) groups excluding carboxylic acids is 2. The number of likely N-dealkylation sites (tertiary alicyclic amines) is 1. The normalized spacial score (nSPS) is 24.3. The van der Waals surface area contributed by atoms with E-state index in [0.29, 0.717) is 12.6 Å². The molecule has 6 nitrogen and oxygen atoms in total. The van der Waals surface area contributed by atoms with Crippen LogP contribution in [0, 0.1) is 5.92 Å². The number of nitrogens with one attached hydrogen (secondary N) is 1. The van der Waals surface area contributed by atoms with E-state index in [2.05, 4.69) is 5.32 Å². The molecule has 1 aromatic rings. The summed E-state index contributed by atoms with van der Waals surface area (Å²) in [6.45, 7) is 3.43. The molecule has 0 aromatic heterocycles. The van der Waals surface area contributed by atoms with Gasteiger partial charge in [0.15, 0.2) is 0 Å². The maximum absolute atomic E-state index is 13.1. The van der Waals surface area contributed by atoms with Gasteiger partial charge < -0.3 is 19.9 Å². The third kappa shape index (κ3) is 4.68. The van der Waals surface area contributed by atoms with Crippen LogP contribution in [0.5, 0.6) is 0 Å². The molecule has 0 radical (unpaired) electrons. The minimum absolute atomic E-state index is 0.0274. The molecule has 1 saturated carbocycles. The minimum atomic E-state index is -0.512. The Hall–Kier alpha value is -1.92. The smallest absolute Gasteiger partial charge is 0.249 e. The summed E-state index contributed by atoms with van der Waals surface area (Å²) >= 11 is 0. The molecule has 27 heavy (non-hydrogen) atoms. The highest BCUT2D eigenvalue weighted by Crippen LogP contribution is 2.28. The van der Waals surface area contributed by atoms with Crippen LogP contribution in [0.15, 0.2) is 30.3 Å². The van der Waals surface area contributed by atoms with Crippen molar-refractivity contribution in [1.29, 1.82) is 0 Å². The van der Waals surface area contributed by atoms with Crippen LogP contribution >= 0.6 is 0 Å². The molecule has 2 aliphatic heterocycles. The Bertz CT molecular complexity index is 654. The zero-order valence-corrected chi connectivity index (χ0v) is 15.8. The highest BCUT2D eigenvalue weighted by atomic mass is 16.5. The summed E-state index contributed by atoms with van der Waals surface area (Å²) < 4.78 is 5.42. The second-order valence-corrected chi connectivity index (χ2v) is 7.99. The summed E-state index contributed by atoms with van der Waals surface area (Å²) in [6.07, 6.45) is 4.69. The Morgan fingerprint density at radius 1 is 1.11 bits per heavy atom. The molecule has 0 unspecified atom stereocenters. The van der Waals surface area contributed by atoms with Gasteiger partial charge in [-0.05, 0) is 43.7 Å². The number of morpholine rings is 1. The summed E-state index contributed by atoms with van der Waals surface area (Å²) in [5.74, 6) is 0.797. The van der Waals surface area contributed by atoms with Crippen LogP contribution in [-0.2, 0) is 20.9 Å². The molecule has 2 saturated heterocycles. The van der Waals surface area contributed by atoms with Gasteiger partial charge in [0.05, 0.1) is 6.61 Å². The fourth-order valence-corrected chi connectivity index (χ4v) is 3.96. The van der Waals surface area contributed by atoms with E-state index in [4.69, 9.17) is 4.74 Å². The first kappa shape index (κ1) is 18.4. The molecule has 0 spiro atoms. The summed E-state index contributed by atoms with van der Waals surface area (Å²) in [4.78, 5) is 29.1. The lowest BCUT2D eigenvalue weighted by Crippen LogP contribution is -2.58. The van der Waals surface area contributed by atoms with Crippen LogP contribution in [0.4, 0.5) is 0 Å². The van der Waals surface area contributed by atoms with E-state index >= 15 is 0 Å². The quantitative estimate of drug-likeness (QED) is 0.821. The van der Waals surface area contributed by atoms with E-state index in [1.54, 1.807) is 4.90 Å². The van der Waals surface area contributed by atoms with E-state index < -0.39 is 6.04 Å². The zero-order chi connectivity index (χ0) is 18.6. The Labute approximate surface area is 160 Å². The van der Waals surface area contributed by atoms with Crippen molar-refractivity contribution < 1.29 is 14.3 Å². The fraction of sp³-hybridized carbons (Fsp3) is 0.619. The monoisotopic (exact) mass is 371 g/mol. The molecule has 0 bridgehead atoms. The highest BCUT2D eigenvalue weighted by molar-refractivity contribution is 5.89. The van der Waals surface area contributed by atoms with Crippen LogP contribution in [0.3, 0.4) is 0 Å². The summed E-state index contributed by atoms with van der Waals surface area (Å²) in [5.41, 5.74) is 1.04. The molecule has 1 aliphatic carbocycles. The second-order valence-electron chi connectivity index (χ2n) is 7.99. The van der Waals surface area contributed by atoms with Crippen molar-refractivity contribution in [1.82, 2.24) is 15.1 Å². The topological polar surface area (TPSA) is 61.9 Å². The first-order valence-electron chi connectivity index (χ1n) is 10.1. The van der Waals surface area contributed by atoms with Gasteiger partial charge in [-0.3, -0.25) is 9.59 Å². The molecule has 4 rings (SSSR count). The van der Waals surface area contributed by atoms with Gasteiger partial charge in [-0.1, -0.05) is 30.3 Å². The van der Waals surface area contributed by atoms with Gasteiger partial charge in [-0.25, -0.2) is 0 Å². The Morgan fingerprint density at radius 2 is 1.85 bits per heavy atom. The summed E-state index contributed by atoms with van der Waals surface area (Å²) in [5, 5.41) is 3.64. The Kier molecular flexibility index (Phi) is 5.74. The van der Waals surface area contributed by atoms with Crippen molar-refractivity contribution in [2.75, 3.05) is 32.8 Å². The van der Waals surface area contributed by atoms with Gasteiger partial charge in [-0.15, -0.1) is 0 Å².